The van der Waals surface area contributed by atoms with Crippen molar-refractivity contribution in [2.24, 2.45) is 7.05 Å². The number of benzene rings is 1. The third-order valence-electron chi connectivity index (χ3n) is 2.29. The summed E-state index contributed by atoms with van der Waals surface area (Å²) in [6.07, 6.45) is 0. The number of hydrogen-bond donors (Lipinski definition) is 0. The molecule has 0 aliphatic carbocycles. The Bertz CT molecular complexity index is 446. The van der Waals surface area contributed by atoms with Gasteiger partial charge in [-0.2, -0.15) is 0 Å². The first-order valence-electron chi connectivity index (χ1n) is 4.68. The van der Waals surface area contributed by atoms with E-state index in [1.54, 1.807) is 0 Å². The van der Waals surface area contributed by atoms with E-state index in [-0.39, 0.29) is 0 Å². The molecular weight excluding hydrogens is 190 g/mol. The molecule has 0 unspecified atom stereocenters. The molecular formula is C12H15NO2. The van der Waals surface area contributed by atoms with Crippen LogP contribution >= 0.6 is 0 Å². The normalized spacial score (nSPS) is 9.27. The molecule has 0 saturated heterocycles. The van der Waals surface area contributed by atoms with Gasteiger partial charge in [-0.1, -0.05) is 18.2 Å². The minimum atomic E-state index is 0.375. The lowest BCUT2D eigenvalue weighted by molar-refractivity contribution is -0.126. The fraction of sp³-hybridized carbons (Fsp3) is 0.250. The predicted molar refractivity (Wildman–Crippen MR) is 60.7 cm³/mol. The molecule has 1 heterocycles. The van der Waals surface area contributed by atoms with E-state index in [1.807, 2.05) is 0 Å². The van der Waals surface area contributed by atoms with Gasteiger partial charge in [-0.05, 0) is 24.4 Å². The molecule has 0 aliphatic rings. The number of hydrogen-bond acceptors (Lipinski definition) is 2. The molecule has 2 rings (SSSR count). The number of ether oxygens (including phenoxy) is 1. The molecule has 3 nitrogen and oxygen atoms in total. The molecule has 1 aromatic heterocycles. The van der Waals surface area contributed by atoms with Crippen molar-refractivity contribution in [1.29, 1.82) is 0 Å². The van der Waals surface area contributed by atoms with Crippen LogP contribution in [-0.2, 0) is 16.6 Å². The van der Waals surface area contributed by atoms with Crippen molar-refractivity contribution in [2.75, 3.05) is 7.11 Å². The second-order valence-electron chi connectivity index (χ2n) is 3.24. The van der Waals surface area contributed by atoms with E-state index >= 15 is 0 Å². The SMILES string of the molecule is COC=O.Cc1cc2ccccc2n1C. The van der Waals surface area contributed by atoms with Gasteiger partial charge in [0.1, 0.15) is 0 Å². The molecule has 15 heavy (non-hydrogen) atoms. The number of carbonyl (C=O) groups is 1. The molecule has 2 aromatic rings. The fourth-order valence-electron chi connectivity index (χ4n) is 1.43. The first-order chi connectivity index (χ1) is 7.20. The van der Waals surface area contributed by atoms with Crippen molar-refractivity contribution in [1.82, 2.24) is 4.57 Å². The fourth-order valence-corrected chi connectivity index (χ4v) is 1.43. The van der Waals surface area contributed by atoms with Gasteiger partial charge < -0.3 is 9.30 Å². The van der Waals surface area contributed by atoms with Crippen LogP contribution in [0.25, 0.3) is 10.9 Å². The molecule has 0 saturated carbocycles. The highest BCUT2D eigenvalue weighted by molar-refractivity contribution is 5.80. The summed E-state index contributed by atoms with van der Waals surface area (Å²) in [5, 5.41) is 1.33. The monoisotopic (exact) mass is 205 g/mol. The van der Waals surface area contributed by atoms with E-state index in [4.69, 9.17) is 4.79 Å². The van der Waals surface area contributed by atoms with Gasteiger partial charge in [-0.3, -0.25) is 4.79 Å². The van der Waals surface area contributed by atoms with Crippen molar-refractivity contribution in [2.45, 2.75) is 6.92 Å². The molecule has 1 aromatic carbocycles. The summed E-state index contributed by atoms with van der Waals surface area (Å²) >= 11 is 0. The Hall–Kier alpha value is -1.77. The molecule has 0 spiro atoms. The number of nitrogens with zero attached hydrogens (tertiary/aromatic N) is 1. The highest BCUT2D eigenvalue weighted by atomic mass is 16.5. The van der Waals surface area contributed by atoms with Crippen LogP contribution in [0.2, 0.25) is 0 Å². The zero-order valence-corrected chi connectivity index (χ0v) is 9.23. The Morgan fingerprint density at radius 3 is 2.47 bits per heavy atom. The zero-order chi connectivity index (χ0) is 11.3. The molecule has 80 valence electrons. The van der Waals surface area contributed by atoms with Crippen LogP contribution in [0.15, 0.2) is 30.3 Å². The number of para-hydroxylation sites is 1. The maximum atomic E-state index is 8.95. The summed E-state index contributed by atoms with van der Waals surface area (Å²) in [6, 6.07) is 10.6. The van der Waals surface area contributed by atoms with Crippen LogP contribution in [0, 0.1) is 6.92 Å². The van der Waals surface area contributed by atoms with Crippen molar-refractivity contribution in [3.05, 3.63) is 36.0 Å². The van der Waals surface area contributed by atoms with E-state index in [0.717, 1.165) is 0 Å². The van der Waals surface area contributed by atoms with Gasteiger partial charge in [-0.25, -0.2) is 0 Å². The lowest BCUT2D eigenvalue weighted by Gasteiger charge is -1.96. The summed E-state index contributed by atoms with van der Waals surface area (Å²) in [5.41, 5.74) is 2.62. The summed E-state index contributed by atoms with van der Waals surface area (Å²) < 4.78 is 6.06. The van der Waals surface area contributed by atoms with Crippen molar-refractivity contribution < 1.29 is 9.53 Å². The highest BCUT2D eigenvalue weighted by Crippen LogP contribution is 2.16. The van der Waals surface area contributed by atoms with Gasteiger partial charge in [0.2, 0.25) is 0 Å². The topological polar surface area (TPSA) is 31.2 Å². The zero-order valence-electron chi connectivity index (χ0n) is 9.23. The first-order valence-corrected chi connectivity index (χ1v) is 4.68. The van der Waals surface area contributed by atoms with E-state index in [2.05, 4.69) is 53.6 Å². The Morgan fingerprint density at radius 2 is 1.93 bits per heavy atom. The molecule has 0 bridgehead atoms. The van der Waals surface area contributed by atoms with Crippen LogP contribution in [0.1, 0.15) is 5.69 Å². The van der Waals surface area contributed by atoms with Crippen LogP contribution in [0.4, 0.5) is 0 Å². The van der Waals surface area contributed by atoms with Crippen molar-refractivity contribution in [3.63, 3.8) is 0 Å². The Morgan fingerprint density at radius 1 is 1.33 bits per heavy atom. The maximum Gasteiger partial charge on any atom is 0.292 e. The second kappa shape index (κ2) is 5.20. The Balaban J connectivity index is 0.000000245. The second-order valence-corrected chi connectivity index (χ2v) is 3.24. The molecule has 0 fully saturated rings. The van der Waals surface area contributed by atoms with Crippen LogP contribution in [0.5, 0.6) is 0 Å². The minimum absolute atomic E-state index is 0.375. The number of rotatable bonds is 1. The standard InChI is InChI=1S/C10H11N.C2H4O2/c1-8-7-9-5-3-4-6-10(9)11(8)2;1-4-2-3/h3-7H,1-2H3;2H,1H3. The third-order valence-corrected chi connectivity index (χ3v) is 2.29. The Labute approximate surface area is 89.3 Å². The lowest BCUT2D eigenvalue weighted by atomic mass is 10.2. The molecule has 0 amide bonds. The van der Waals surface area contributed by atoms with E-state index in [9.17, 15) is 0 Å². The average molecular weight is 205 g/mol. The van der Waals surface area contributed by atoms with Crippen molar-refractivity contribution in [3.8, 4) is 0 Å². The Kier molecular flexibility index (Phi) is 3.92. The van der Waals surface area contributed by atoms with Crippen LogP contribution < -0.4 is 0 Å². The van der Waals surface area contributed by atoms with Gasteiger partial charge in [0.15, 0.2) is 0 Å². The highest BCUT2D eigenvalue weighted by Gasteiger charge is 1.98. The van der Waals surface area contributed by atoms with Gasteiger partial charge in [0, 0.05) is 18.3 Å². The number of carbonyl (C=O) groups excluding carboxylic acids is 1. The number of aromatic nitrogens is 1. The predicted octanol–water partition coefficient (Wildman–Crippen LogP) is 2.28. The lowest BCUT2D eigenvalue weighted by Crippen LogP contribution is -1.88. The summed E-state index contributed by atoms with van der Waals surface area (Å²) in [7, 11) is 3.41. The number of aryl methyl sites for hydroxylation is 2. The average Bonchev–Trinajstić information content (AvgIpc) is 2.56. The quantitative estimate of drug-likeness (QED) is 0.669. The van der Waals surface area contributed by atoms with E-state index in [1.165, 1.54) is 23.7 Å². The molecule has 3 heteroatoms. The summed E-state index contributed by atoms with van der Waals surface area (Å²) in [6.45, 7) is 2.50. The van der Waals surface area contributed by atoms with Gasteiger partial charge in [0.05, 0.1) is 7.11 Å². The third kappa shape index (κ3) is 2.59. The van der Waals surface area contributed by atoms with Gasteiger partial charge in [0.25, 0.3) is 6.47 Å². The van der Waals surface area contributed by atoms with Crippen LogP contribution in [0.3, 0.4) is 0 Å². The molecule has 0 N–H and O–H groups in total. The first kappa shape index (κ1) is 11.3. The van der Waals surface area contributed by atoms with Crippen molar-refractivity contribution >= 4 is 17.4 Å². The molecule has 0 atom stereocenters. The van der Waals surface area contributed by atoms with E-state index < -0.39 is 0 Å². The van der Waals surface area contributed by atoms with Gasteiger partial charge in [-0.15, -0.1) is 0 Å². The summed E-state index contributed by atoms with van der Waals surface area (Å²) in [4.78, 5) is 8.95. The number of methoxy groups -OCH3 is 1. The van der Waals surface area contributed by atoms with Gasteiger partial charge >= 0.3 is 0 Å². The summed E-state index contributed by atoms with van der Waals surface area (Å²) in [5.74, 6) is 0. The molecule has 0 aliphatic heterocycles. The minimum Gasteiger partial charge on any atom is -0.471 e. The van der Waals surface area contributed by atoms with E-state index in [0.29, 0.717) is 6.47 Å². The van der Waals surface area contributed by atoms with Crippen LogP contribution in [-0.4, -0.2) is 18.1 Å². The number of fused-ring (bicyclic) bond motifs is 1. The molecule has 0 radical (unpaired) electrons. The smallest absolute Gasteiger partial charge is 0.292 e. The maximum absolute atomic E-state index is 8.95. The largest absolute Gasteiger partial charge is 0.471 e.